The molecule has 4 amide bonds. The lowest BCUT2D eigenvalue weighted by molar-refractivity contribution is -0.142. The number of rotatable bonds is 34. The molecule has 0 radical (unpaired) electrons. The molecule has 11 rings (SSSR count). The second-order valence-corrected chi connectivity index (χ2v) is 38.2. The maximum atomic E-state index is 14.4. The predicted molar refractivity (Wildman–Crippen MR) is 442 cm³/mol. The molecule has 6 aromatic rings. The van der Waals surface area contributed by atoms with Crippen molar-refractivity contribution in [3.8, 4) is 10.4 Å². The average Bonchev–Trinajstić information content (AvgIpc) is 1.09. The van der Waals surface area contributed by atoms with Crippen LogP contribution in [-0.4, -0.2) is 222 Å². The highest BCUT2D eigenvalue weighted by molar-refractivity contribution is 7.99. The molecule has 0 bridgehead atoms. The molecule has 5 aliphatic rings. The first-order chi connectivity index (χ1) is 53.9. The van der Waals surface area contributed by atoms with Crippen molar-refractivity contribution < 1.29 is 59.0 Å². The maximum Gasteiger partial charge on any atom is 0.501 e. The molecule has 5 heterocycles. The Kier molecular flexibility index (Phi) is 30.2. The Bertz CT molecular complexity index is 4440. The van der Waals surface area contributed by atoms with Gasteiger partial charge in [0, 0.05) is 131 Å². The van der Waals surface area contributed by atoms with E-state index in [2.05, 4.69) is 59.6 Å². The van der Waals surface area contributed by atoms with Gasteiger partial charge in [-0.25, -0.2) is 26.5 Å². The van der Waals surface area contributed by atoms with E-state index in [1.165, 1.54) is 40.6 Å². The second kappa shape index (κ2) is 39.3. The van der Waals surface area contributed by atoms with Crippen molar-refractivity contribution in [3.05, 3.63) is 160 Å². The van der Waals surface area contributed by atoms with Gasteiger partial charge >= 0.3 is 5.51 Å². The number of aryl methyl sites for hydroxylation is 1. The summed E-state index contributed by atoms with van der Waals surface area (Å²) in [4.78, 5) is 72.5. The molecule has 21 nitrogen and oxygen atoms in total. The molecule has 0 spiro atoms. The number of anilines is 2. The van der Waals surface area contributed by atoms with Crippen LogP contribution in [-0.2, 0) is 39.0 Å². The number of β-amino-alcohol motifs (C(OH)–C–C–N with tert-alkyl or cyclic N) is 1. The number of piperazine rings is 2. The fourth-order valence-electron chi connectivity index (χ4n) is 15.9. The number of carbonyl (C=O) groups is 4. The zero-order valence-corrected chi connectivity index (χ0v) is 69.9. The van der Waals surface area contributed by atoms with E-state index in [1.807, 2.05) is 116 Å². The van der Waals surface area contributed by atoms with Crippen molar-refractivity contribution in [2.75, 3.05) is 127 Å². The molecule has 4 aliphatic heterocycles. The van der Waals surface area contributed by atoms with Gasteiger partial charge in [0.05, 0.1) is 58.1 Å². The zero-order valence-electron chi connectivity index (χ0n) is 65.8. The van der Waals surface area contributed by atoms with Gasteiger partial charge in [0.25, 0.3) is 25.8 Å². The number of hydrogen-bond donors (Lipinski definition) is 5. The summed E-state index contributed by atoms with van der Waals surface area (Å²) in [6, 6.07) is 32.3. The number of aliphatic hydroxyl groups is 1. The number of thiazole rings is 1. The number of hydrogen-bond acceptors (Lipinski definition) is 19. The molecule has 1 aromatic heterocycles. The third-order valence-electron chi connectivity index (χ3n) is 22.7. The van der Waals surface area contributed by atoms with Crippen LogP contribution in [0, 0.1) is 17.8 Å². The Morgan fingerprint density at radius 3 is 2.10 bits per heavy atom. The molecular formula is C84H111ClF3N11O10S4. The topological polar surface area (TPSA) is 246 Å². The van der Waals surface area contributed by atoms with Gasteiger partial charge in [0.2, 0.25) is 17.7 Å². The Morgan fingerprint density at radius 2 is 1.43 bits per heavy atom. The number of thioether (sulfide) groups is 1. The molecule has 1 aliphatic carbocycles. The van der Waals surface area contributed by atoms with Crippen molar-refractivity contribution in [2.24, 2.45) is 10.8 Å². The first-order valence-corrected chi connectivity index (χ1v) is 45.0. The molecule has 0 saturated carbocycles. The number of benzene rings is 5. The van der Waals surface area contributed by atoms with Gasteiger partial charge in [0.1, 0.15) is 10.9 Å². The third-order valence-corrected chi connectivity index (χ3v) is 28.0. The number of sulfone groups is 1. The van der Waals surface area contributed by atoms with Crippen LogP contribution in [0.15, 0.2) is 147 Å². The highest BCUT2D eigenvalue weighted by Crippen LogP contribution is 2.46. The number of aliphatic hydroxyl groups excluding tert-OH is 1. The highest BCUT2D eigenvalue weighted by atomic mass is 35.5. The van der Waals surface area contributed by atoms with Crippen molar-refractivity contribution in [3.63, 3.8) is 0 Å². The SMILES string of the molecule is Cc1ncsc1-c1ccc([C@H](C)NC(=O)[C@@H]2C[C@@H](O)CN2C(=O)[C@@H](NCCCCCCCCC(=O)N2CCN(CCC3(C)CCC(c4ccc(Cl)cc4)=C(CN4CCN(c5ccc(C(=O)NS(=O)(=O)c6ccc(N[C@H](CCN7CCOCC7)CSc7ccccc7)c(S(=O)(=O)C(F)(F)F)c6)cc5)CC4)C3)CC2)C(C)(C)C)cc1. The van der Waals surface area contributed by atoms with E-state index in [0.717, 1.165) is 161 Å². The van der Waals surface area contributed by atoms with E-state index in [9.17, 15) is 54.3 Å². The molecule has 4 saturated heterocycles. The minimum absolute atomic E-state index is 0.0264. The van der Waals surface area contributed by atoms with Gasteiger partial charge in [-0.15, -0.1) is 23.1 Å². The Hall–Kier alpha value is -6.96. The number of sulfonamides is 1. The van der Waals surface area contributed by atoms with Gasteiger partial charge < -0.3 is 40.5 Å². The van der Waals surface area contributed by atoms with Gasteiger partial charge in [-0.1, -0.05) is 125 Å². The van der Waals surface area contributed by atoms with Gasteiger partial charge in [-0.2, -0.15) is 13.2 Å². The number of likely N-dealkylation sites (tertiary alicyclic amines) is 1. The summed E-state index contributed by atoms with van der Waals surface area (Å²) >= 11 is 9.44. The first-order valence-electron chi connectivity index (χ1n) is 39.7. The van der Waals surface area contributed by atoms with Gasteiger partial charge in [-0.3, -0.25) is 33.9 Å². The summed E-state index contributed by atoms with van der Waals surface area (Å²) in [5.74, 6) is -0.929. The second-order valence-electron chi connectivity index (χ2n) is 32.2. The highest BCUT2D eigenvalue weighted by Gasteiger charge is 2.49. The number of amides is 4. The van der Waals surface area contributed by atoms with E-state index in [4.69, 9.17) is 16.3 Å². The Labute approximate surface area is 678 Å². The average molecular weight is 1660 g/mol. The van der Waals surface area contributed by atoms with Crippen LogP contribution in [0.2, 0.25) is 5.02 Å². The molecule has 614 valence electrons. The molecule has 5 aromatic carbocycles. The van der Waals surface area contributed by atoms with Crippen LogP contribution in [0.1, 0.15) is 151 Å². The number of ether oxygens (including phenoxy) is 1. The van der Waals surface area contributed by atoms with Crippen molar-refractivity contribution in [1.82, 2.24) is 44.8 Å². The van der Waals surface area contributed by atoms with Crippen LogP contribution in [0.3, 0.4) is 0 Å². The molecule has 4 fully saturated rings. The molecule has 5 N–H and O–H groups in total. The first kappa shape index (κ1) is 86.9. The van der Waals surface area contributed by atoms with Gasteiger partial charge in [0.15, 0.2) is 0 Å². The minimum atomic E-state index is -6.10. The lowest BCUT2D eigenvalue weighted by Gasteiger charge is -2.42. The largest absolute Gasteiger partial charge is 0.501 e. The number of nitrogens with one attached hydrogen (secondary N) is 4. The number of morpholine rings is 1. The van der Waals surface area contributed by atoms with Crippen molar-refractivity contribution >= 4 is 95.1 Å². The number of halogens is 4. The Morgan fingerprint density at radius 1 is 0.779 bits per heavy atom. The summed E-state index contributed by atoms with van der Waals surface area (Å²) in [6.07, 6.45) is 10.1. The predicted octanol–water partition coefficient (Wildman–Crippen LogP) is 13.4. The van der Waals surface area contributed by atoms with E-state index >= 15 is 0 Å². The lowest BCUT2D eigenvalue weighted by Crippen LogP contribution is -2.56. The smallest absolute Gasteiger partial charge is 0.391 e. The van der Waals surface area contributed by atoms with E-state index in [1.54, 1.807) is 28.4 Å². The normalized spacial score (nSPS) is 20.1. The number of carbonyl (C=O) groups excluding carboxylic acids is 4. The van der Waals surface area contributed by atoms with Gasteiger partial charge in [-0.05, 0) is 172 Å². The molecule has 113 heavy (non-hydrogen) atoms. The van der Waals surface area contributed by atoms with Crippen molar-refractivity contribution in [1.29, 1.82) is 0 Å². The molecular weight excluding hydrogens is 1540 g/mol. The van der Waals surface area contributed by atoms with Crippen LogP contribution < -0.4 is 25.6 Å². The number of allylic oxidation sites excluding steroid dienone is 1. The summed E-state index contributed by atoms with van der Waals surface area (Å²) in [6.45, 7) is 23.8. The maximum absolute atomic E-state index is 14.4. The molecule has 1 unspecified atom stereocenters. The lowest BCUT2D eigenvalue weighted by atomic mass is 9.69. The summed E-state index contributed by atoms with van der Waals surface area (Å²) < 4.78 is 105. The van der Waals surface area contributed by atoms with Crippen LogP contribution in [0.4, 0.5) is 24.5 Å². The van der Waals surface area contributed by atoms with E-state index < -0.39 is 76.4 Å². The van der Waals surface area contributed by atoms with E-state index in [0.29, 0.717) is 82.2 Å². The molecule has 29 heteroatoms. The number of nitrogens with zero attached hydrogens (tertiary/aromatic N) is 7. The number of alkyl halides is 3. The minimum Gasteiger partial charge on any atom is -0.391 e. The van der Waals surface area contributed by atoms with E-state index in [-0.39, 0.29) is 47.7 Å². The van der Waals surface area contributed by atoms with Crippen LogP contribution in [0.25, 0.3) is 16.0 Å². The van der Waals surface area contributed by atoms with Crippen molar-refractivity contribution in [2.45, 2.75) is 175 Å². The Balaban J connectivity index is 0.599. The fourth-order valence-corrected chi connectivity index (χ4v) is 19.9. The number of aromatic nitrogens is 1. The number of unbranched alkanes of at least 4 members (excludes halogenated alkanes) is 5. The fraction of sp³-hybridized carbons (Fsp3) is 0.536. The molecule has 6 atom stereocenters. The quantitative estimate of drug-likeness (QED) is 0.0186. The van der Waals surface area contributed by atoms with Crippen LogP contribution >= 0.6 is 34.7 Å². The third kappa shape index (κ3) is 23.7. The van der Waals surface area contributed by atoms with Crippen LogP contribution in [0.5, 0.6) is 0 Å². The summed E-state index contributed by atoms with van der Waals surface area (Å²) in [5.41, 5.74) is 3.00. The standard InChI is InChI=1S/C84H111ClF3N11O10S4/c1-59(61-19-21-63(22-20-61)77-60(2)90-58-111-77)91-80(103)74-52-69(100)56-99(74)81(104)78(82(3,4)5)89-37-15-10-8-7-9-14-18-76(101)98-46-40-95(41-47-98)39-36-83(6)35-33-72(62-23-27-66(85)28-24-62)65(54-83)55-96-42-44-97(45-43-96)68-29-25-64(26-30-68)79(102)93-113(107,108)71-31-32-73(75(53-71)112(105,106)84(86,87)88)92-67(34-38-94-48-50-109-51-49-94)57-110-70-16-12-11-13-17-70/h11-13,16-17,19-32,53,58-59,67,69,74,78,89,92,100H,7-10,14-15,18,33-52,54-57H2,1-6H3,(H,91,103)(H,93,102)/t59-,67+,69+,74-,78+,83?/m0/s1. The zero-order chi connectivity index (χ0) is 80.7. The summed E-state index contributed by atoms with van der Waals surface area (Å²) in [7, 11) is -11.0. The summed E-state index contributed by atoms with van der Waals surface area (Å²) in [5, 5.41) is 21.1. The monoisotopic (exact) mass is 1650 g/mol.